The summed E-state index contributed by atoms with van der Waals surface area (Å²) in [7, 11) is 0. The van der Waals surface area contributed by atoms with E-state index in [0.29, 0.717) is 72.4 Å². The van der Waals surface area contributed by atoms with Crippen LogP contribution in [0.3, 0.4) is 0 Å². The van der Waals surface area contributed by atoms with Gasteiger partial charge in [0.15, 0.2) is 0 Å². The number of carbonyl (C=O) groups excluding carboxylic acids is 4. The fourth-order valence-corrected chi connectivity index (χ4v) is 7.00. The van der Waals surface area contributed by atoms with Crippen LogP contribution in [-0.4, -0.2) is 91.2 Å². The van der Waals surface area contributed by atoms with E-state index in [1.807, 2.05) is 24.3 Å². The molecule has 0 saturated heterocycles. The van der Waals surface area contributed by atoms with E-state index in [1.165, 1.54) is 4.90 Å². The Hall–Kier alpha value is -4.48. The molecular weight excluding hydrogens is 586 g/mol. The Morgan fingerprint density at radius 3 is 1.26 bits per heavy atom. The van der Waals surface area contributed by atoms with Crippen LogP contribution in [0.5, 0.6) is 0 Å². The number of nitrogens with two attached hydrogens (primary N) is 1. The van der Waals surface area contributed by atoms with E-state index < -0.39 is 11.8 Å². The summed E-state index contributed by atoms with van der Waals surface area (Å²) in [6.07, 6.45) is 3.17. The molecule has 0 spiro atoms. The van der Waals surface area contributed by atoms with Crippen molar-refractivity contribution in [1.82, 2.24) is 9.80 Å². The van der Waals surface area contributed by atoms with Crippen LogP contribution in [-0.2, 0) is 9.47 Å². The summed E-state index contributed by atoms with van der Waals surface area (Å²) in [5.41, 5.74) is 7.24. The molecule has 7 rings (SSSR count). The molecule has 10 nitrogen and oxygen atoms in total. The van der Waals surface area contributed by atoms with Gasteiger partial charge < -0.3 is 20.3 Å². The first kappa shape index (κ1) is 30.2. The van der Waals surface area contributed by atoms with Crippen LogP contribution in [0.15, 0.2) is 48.5 Å². The molecular formula is C36H35N3O7. The molecule has 5 aromatic carbocycles. The predicted molar refractivity (Wildman–Crippen MR) is 175 cm³/mol. The lowest BCUT2D eigenvalue weighted by Crippen LogP contribution is -2.42. The number of aliphatic hydroxyl groups is 1. The van der Waals surface area contributed by atoms with E-state index in [0.717, 1.165) is 56.5 Å². The third-order valence-corrected chi connectivity index (χ3v) is 9.12. The van der Waals surface area contributed by atoms with Crippen molar-refractivity contribution in [2.45, 2.75) is 25.7 Å². The Morgan fingerprint density at radius 2 is 0.870 bits per heavy atom. The third kappa shape index (κ3) is 4.72. The number of amides is 4. The first-order valence-electron chi connectivity index (χ1n) is 15.9. The summed E-state index contributed by atoms with van der Waals surface area (Å²) in [6.45, 7) is 2.89. The van der Waals surface area contributed by atoms with Crippen LogP contribution in [0.2, 0.25) is 0 Å². The zero-order valence-corrected chi connectivity index (χ0v) is 25.5. The quantitative estimate of drug-likeness (QED) is 0.0801. The first-order valence-corrected chi connectivity index (χ1v) is 15.9. The lowest BCUT2D eigenvalue weighted by Gasteiger charge is -2.30. The molecule has 46 heavy (non-hydrogen) atoms. The van der Waals surface area contributed by atoms with Crippen LogP contribution in [0.25, 0.3) is 43.1 Å². The van der Waals surface area contributed by atoms with Crippen molar-refractivity contribution in [3.8, 4) is 0 Å². The Labute approximate surface area is 264 Å². The Balaban J connectivity index is 1.17. The minimum absolute atomic E-state index is 0.0754. The Bertz CT molecular complexity index is 1920. The fraction of sp³-hybridized carbons (Fsp3) is 0.333. The third-order valence-electron chi connectivity index (χ3n) is 9.12. The van der Waals surface area contributed by atoms with Gasteiger partial charge in [0, 0.05) is 66.0 Å². The second-order valence-corrected chi connectivity index (χ2v) is 11.8. The first-order chi connectivity index (χ1) is 22.5. The van der Waals surface area contributed by atoms with Crippen LogP contribution in [0.1, 0.15) is 67.1 Å². The van der Waals surface area contributed by atoms with Gasteiger partial charge in [0.2, 0.25) is 0 Å². The molecule has 10 heteroatoms. The van der Waals surface area contributed by atoms with Gasteiger partial charge in [-0.1, -0.05) is 24.3 Å². The number of benzene rings is 5. The van der Waals surface area contributed by atoms with E-state index in [-0.39, 0.29) is 31.5 Å². The number of imide groups is 2. The van der Waals surface area contributed by atoms with Crippen LogP contribution >= 0.6 is 0 Å². The van der Waals surface area contributed by atoms with Crippen molar-refractivity contribution >= 4 is 66.7 Å². The SMILES string of the molecule is NCCCOCCCCOCCCN1C(=O)c2ccc3c4ccc5c6c(ccc(c7ccc(c2c37)C1=O)c64)C(=O)N(CCO)C5=O. The predicted octanol–water partition coefficient (Wildman–Crippen LogP) is 4.47. The molecule has 2 aliphatic heterocycles. The molecule has 0 unspecified atom stereocenters. The van der Waals surface area contributed by atoms with Gasteiger partial charge in [-0.3, -0.25) is 29.0 Å². The lowest BCUT2D eigenvalue weighted by molar-refractivity contribution is 0.0565. The van der Waals surface area contributed by atoms with Gasteiger partial charge >= 0.3 is 0 Å². The molecule has 0 aromatic heterocycles. The van der Waals surface area contributed by atoms with Crippen LogP contribution < -0.4 is 5.73 Å². The van der Waals surface area contributed by atoms with Gasteiger partial charge in [-0.25, -0.2) is 0 Å². The van der Waals surface area contributed by atoms with E-state index in [2.05, 4.69) is 0 Å². The minimum Gasteiger partial charge on any atom is -0.395 e. The number of rotatable bonds is 14. The van der Waals surface area contributed by atoms with Crippen LogP contribution in [0.4, 0.5) is 0 Å². The smallest absolute Gasteiger partial charge is 0.261 e. The Kier molecular flexibility index (Phi) is 8.12. The highest BCUT2D eigenvalue weighted by Gasteiger charge is 2.36. The second kappa shape index (κ2) is 12.4. The zero-order chi connectivity index (χ0) is 31.9. The van der Waals surface area contributed by atoms with Crippen molar-refractivity contribution in [2.24, 2.45) is 5.73 Å². The summed E-state index contributed by atoms with van der Waals surface area (Å²) < 4.78 is 11.2. The highest BCUT2D eigenvalue weighted by atomic mass is 16.5. The van der Waals surface area contributed by atoms with Gasteiger partial charge in [0.05, 0.1) is 13.2 Å². The van der Waals surface area contributed by atoms with Gasteiger partial charge in [-0.05, 0) is 88.8 Å². The van der Waals surface area contributed by atoms with Gasteiger partial charge in [-0.15, -0.1) is 0 Å². The summed E-state index contributed by atoms with van der Waals surface area (Å²) in [6, 6.07) is 14.5. The summed E-state index contributed by atoms with van der Waals surface area (Å²) in [4.78, 5) is 56.5. The highest BCUT2D eigenvalue weighted by molar-refractivity contribution is 6.41. The van der Waals surface area contributed by atoms with Crippen molar-refractivity contribution in [3.05, 3.63) is 70.8 Å². The normalized spacial score (nSPS) is 14.7. The second-order valence-electron chi connectivity index (χ2n) is 11.8. The van der Waals surface area contributed by atoms with Gasteiger partial charge in [-0.2, -0.15) is 0 Å². The lowest BCUT2D eigenvalue weighted by atomic mass is 9.82. The largest absolute Gasteiger partial charge is 0.395 e. The number of unbranched alkanes of at least 4 members (excludes halogenated alkanes) is 1. The number of fused-ring (bicyclic) bond motifs is 2. The van der Waals surface area contributed by atoms with E-state index in [9.17, 15) is 24.3 Å². The topological polar surface area (TPSA) is 139 Å². The van der Waals surface area contributed by atoms with Gasteiger partial charge in [0.1, 0.15) is 0 Å². The fourth-order valence-electron chi connectivity index (χ4n) is 7.00. The van der Waals surface area contributed by atoms with Crippen LogP contribution in [0, 0.1) is 0 Å². The van der Waals surface area contributed by atoms with Gasteiger partial charge in [0.25, 0.3) is 23.6 Å². The number of aliphatic hydroxyl groups excluding tert-OH is 1. The maximum absolute atomic E-state index is 13.7. The van der Waals surface area contributed by atoms with Crippen molar-refractivity contribution in [3.63, 3.8) is 0 Å². The molecule has 0 bridgehead atoms. The molecule has 5 aromatic rings. The molecule has 0 radical (unpaired) electrons. The highest BCUT2D eigenvalue weighted by Crippen LogP contribution is 2.46. The minimum atomic E-state index is -0.434. The zero-order valence-electron chi connectivity index (χ0n) is 25.5. The molecule has 0 saturated carbocycles. The molecule has 0 aliphatic carbocycles. The van der Waals surface area contributed by atoms with E-state index in [4.69, 9.17) is 15.2 Å². The maximum Gasteiger partial charge on any atom is 0.261 e. The van der Waals surface area contributed by atoms with Crippen molar-refractivity contribution in [2.75, 3.05) is 52.7 Å². The standard InChI is InChI=1S/C36H35N3O7/c37-13-3-19-45-17-1-2-18-46-20-4-14-38-33(41)25-9-5-21-23-7-11-27-32-28(36(44)39(15-16-40)35(27)43)12-8-24(30(23)32)22-6-10-26(34(38)42)31(25)29(21)22/h5-12,40H,1-4,13-20,37H2. The van der Waals surface area contributed by atoms with E-state index in [1.54, 1.807) is 24.3 Å². The monoisotopic (exact) mass is 621 g/mol. The molecule has 236 valence electrons. The number of ether oxygens (including phenoxy) is 2. The molecule has 0 atom stereocenters. The molecule has 0 fully saturated rings. The summed E-state index contributed by atoms with van der Waals surface area (Å²) in [5, 5.41) is 15.7. The molecule has 4 amide bonds. The summed E-state index contributed by atoms with van der Waals surface area (Å²) in [5.74, 6) is -1.52. The van der Waals surface area contributed by atoms with E-state index >= 15 is 0 Å². The number of nitrogens with zero attached hydrogens (tertiary/aromatic N) is 2. The number of β-amino-alcohol motifs (C(OH)–C–C–N with tert-alkyl or cyclic N) is 1. The summed E-state index contributed by atoms with van der Waals surface area (Å²) >= 11 is 0. The molecule has 3 N–H and O–H groups in total. The number of hydrogen-bond acceptors (Lipinski definition) is 8. The van der Waals surface area contributed by atoms with Crippen molar-refractivity contribution < 1.29 is 33.8 Å². The van der Waals surface area contributed by atoms with Crippen molar-refractivity contribution in [1.29, 1.82) is 0 Å². The molecule has 2 aliphatic rings. The number of carbonyl (C=O) groups is 4. The Morgan fingerprint density at radius 1 is 0.500 bits per heavy atom. The maximum atomic E-state index is 13.7. The number of hydrogen-bond donors (Lipinski definition) is 2. The average molecular weight is 622 g/mol. The average Bonchev–Trinajstić information content (AvgIpc) is 3.07. The molecule has 2 heterocycles.